The first kappa shape index (κ1) is 17.2. The van der Waals surface area contributed by atoms with E-state index in [1.807, 2.05) is 48.7 Å². The van der Waals surface area contributed by atoms with E-state index in [-0.39, 0.29) is 5.91 Å². The molecule has 0 unspecified atom stereocenters. The van der Waals surface area contributed by atoms with Gasteiger partial charge < -0.3 is 14.8 Å². The van der Waals surface area contributed by atoms with Gasteiger partial charge in [-0.05, 0) is 48.6 Å². The summed E-state index contributed by atoms with van der Waals surface area (Å²) in [6, 6.07) is 13.5. The summed E-state index contributed by atoms with van der Waals surface area (Å²) in [5, 5.41) is 2.93. The van der Waals surface area contributed by atoms with Crippen LogP contribution in [-0.2, 0) is 11.2 Å². The SMILES string of the molecule is COc1cc(CCC(=O)Nc2cccc(SC)c2)cc(OC)c1. The molecule has 1 N–H and O–H groups in total. The number of hydrogen-bond donors (Lipinski definition) is 1. The highest BCUT2D eigenvalue weighted by atomic mass is 32.2. The molecule has 2 aromatic rings. The molecule has 1 amide bonds. The van der Waals surface area contributed by atoms with Crippen molar-refractivity contribution >= 4 is 23.4 Å². The Hall–Kier alpha value is -2.14. The van der Waals surface area contributed by atoms with Gasteiger partial charge in [0.05, 0.1) is 14.2 Å². The van der Waals surface area contributed by atoms with Crippen LogP contribution in [0.3, 0.4) is 0 Å². The number of rotatable bonds is 7. The number of thioether (sulfide) groups is 1. The maximum Gasteiger partial charge on any atom is 0.224 e. The first-order valence-corrected chi connectivity index (χ1v) is 8.53. The highest BCUT2D eigenvalue weighted by Crippen LogP contribution is 2.23. The lowest BCUT2D eigenvalue weighted by molar-refractivity contribution is -0.116. The highest BCUT2D eigenvalue weighted by molar-refractivity contribution is 7.98. The fourth-order valence-corrected chi connectivity index (χ4v) is 2.65. The van der Waals surface area contributed by atoms with Crippen LogP contribution in [0.15, 0.2) is 47.4 Å². The van der Waals surface area contributed by atoms with E-state index in [9.17, 15) is 4.79 Å². The molecule has 4 nitrogen and oxygen atoms in total. The number of aryl methyl sites for hydroxylation is 1. The summed E-state index contributed by atoms with van der Waals surface area (Å²) in [5.41, 5.74) is 1.83. The van der Waals surface area contributed by atoms with Crippen LogP contribution in [0.5, 0.6) is 11.5 Å². The zero-order chi connectivity index (χ0) is 16.7. The van der Waals surface area contributed by atoms with Crippen LogP contribution in [0.4, 0.5) is 5.69 Å². The lowest BCUT2D eigenvalue weighted by Gasteiger charge is -2.09. The summed E-state index contributed by atoms with van der Waals surface area (Å²) >= 11 is 1.65. The first-order valence-electron chi connectivity index (χ1n) is 7.30. The Morgan fingerprint density at radius 1 is 1.09 bits per heavy atom. The summed E-state index contributed by atoms with van der Waals surface area (Å²) < 4.78 is 10.5. The van der Waals surface area contributed by atoms with Gasteiger partial charge in [0, 0.05) is 23.1 Å². The minimum absolute atomic E-state index is 0.00922. The van der Waals surface area contributed by atoms with Gasteiger partial charge >= 0.3 is 0 Å². The lowest BCUT2D eigenvalue weighted by atomic mass is 10.1. The van der Waals surface area contributed by atoms with Crippen molar-refractivity contribution in [2.45, 2.75) is 17.7 Å². The van der Waals surface area contributed by atoms with E-state index < -0.39 is 0 Å². The average Bonchev–Trinajstić information content (AvgIpc) is 2.59. The van der Waals surface area contributed by atoms with Crippen molar-refractivity contribution in [1.29, 1.82) is 0 Å². The van der Waals surface area contributed by atoms with Gasteiger partial charge in [-0.3, -0.25) is 4.79 Å². The molecule has 0 atom stereocenters. The molecule has 0 saturated heterocycles. The van der Waals surface area contributed by atoms with E-state index >= 15 is 0 Å². The van der Waals surface area contributed by atoms with Crippen LogP contribution >= 0.6 is 11.8 Å². The van der Waals surface area contributed by atoms with Gasteiger partial charge in [-0.25, -0.2) is 0 Å². The Labute approximate surface area is 141 Å². The Morgan fingerprint density at radius 2 is 1.78 bits per heavy atom. The second kappa shape index (κ2) is 8.48. The number of nitrogens with one attached hydrogen (secondary N) is 1. The Morgan fingerprint density at radius 3 is 2.39 bits per heavy atom. The molecule has 23 heavy (non-hydrogen) atoms. The summed E-state index contributed by atoms with van der Waals surface area (Å²) in [6.45, 7) is 0. The van der Waals surface area contributed by atoms with Crippen LogP contribution in [0.1, 0.15) is 12.0 Å². The van der Waals surface area contributed by atoms with Gasteiger partial charge in [0.2, 0.25) is 5.91 Å². The fraction of sp³-hybridized carbons (Fsp3) is 0.278. The third-order valence-electron chi connectivity index (χ3n) is 3.41. The van der Waals surface area contributed by atoms with Crippen molar-refractivity contribution in [2.24, 2.45) is 0 Å². The van der Waals surface area contributed by atoms with Gasteiger partial charge in [0.15, 0.2) is 0 Å². The topological polar surface area (TPSA) is 47.6 Å². The van der Waals surface area contributed by atoms with Crippen molar-refractivity contribution in [3.05, 3.63) is 48.0 Å². The molecular formula is C18H21NO3S. The van der Waals surface area contributed by atoms with Crippen molar-refractivity contribution in [2.75, 3.05) is 25.8 Å². The molecular weight excluding hydrogens is 310 g/mol. The molecule has 0 spiro atoms. The summed E-state index contributed by atoms with van der Waals surface area (Å²) in [5.74, 6) is 1.45. The number of hydrogen-bond acceptors (Lipinski definition) is 4. The van der Waals surface area contributed by atoms with E-state index in [1.54, 1.807) is 26.0 Å². The molecule has 2 rings (SSSR count). The van der Waals surface area contributed by atoms with E-state index in [2.05, 4.69) is 5.32 Å². The maximum atomic E-state index is 12.1. The van der Waals surface area contributed by atoms with Crippen molar-refractivity contribution in [1.82, 2.24) is 0 Å². The number of amides is 1. The van der Waals surface area contributed by atoms with Crippen molar-refractivity contribution < 1.29 is 14.3 Å². The summed E-state index contributed by atoms with van der Waals surface area (Å²) in [6.07, 6.45) is 3.04. The molecule has 0 aliphatic heterocycles. The van der Waals surface area contributed by atoms with Crippen LogP contribution in [-0.4, -0.2) is 26.4 Å². The van der Waals surface area contributed by atoms with Gasteiger partial charge in [-0.15, -0.1) is 11.8 Å². The quantitative estimate of drug-likeness (QED) is 0.779. The predicted molar refractivity (Wildman–Crippen MR) is 94.7 cm³/mol. The summed E-state index contributed by atoms with van der Waals surface area (Å²) in [4.78, 5) is 13.2. The highest BCUT2D eigenvalue weighted by Gasteiger charge is 2.06. The first-order chi connectivity index (χ1) is 11.1. The lowest BCUT2D eigenvalue weighted by Crippen LogP contribution is -2.12. The molecule has 0 aliphatic rings. The number of carbonyl (C=O) groups excluding carboxylic acids is 1. The van der Waals surface area contributed by atoms with Crippen molar-refractivity contribution in [3.63, 3.8) is 0 Å². The van der Waals surface area contributed by atoms with Crippen LogP contribution in [0.25, 0.3) is 0 Å². The predicted octanol–water partition coefficient (Wildman–Crippen LogP) is 4.00. The Balaban J connectivity index is 1.96. The fourth-order valence-electron chi connectivity index (χ4n) is 2.19. The number of anilines is 1. The van der Waals surface area contributed by atoms with Crippen LogP contribution in [0, 0.1) is 0 Å². The molecule has 2 aromatic carbocycles. The number of carbonyl (C=O) groups is 1. The van der Waals surface area contributed by atoms with Gasteiger partial charge in [0.1, 0.15) is 11.5 Å². The zero-order valence-electron chi connectivity index (χ0n) is 13.6. The Kier molecular flexibility index (Phi) is 6.35. The van der Waals surface area contributed by atoms with E-state index in [1.165, 1.54) is 0 Å². The second-order valence-corrected chi connectivity index (χ2v) is 5.88. The minimum atomic E-state index is -0.00922. The third-order valence-corrected chi connectivity index (χ3v) is 4.13. The molecule has 0 fully saturated rings. The normalized spacial score (nSPS) is 10.2. The molecule has 5 heteroatoms. The minimum Gasteiger partial charge on any atom is -0.497 e. The Bertz CT molecular complexity index is 651. The average molecular weight is 331 g/mol. The molecule has 122 valence electrons. The van der Waals surface area contributed by atoms with Gasteiger partial charge in [-0.2, -0.15) is 0 Å². The van der Waals surface area contributed by atoms with Gasteiger partial charge in [0.25, 0.3) is 0 Å². The monoisotopic (exact) mass is 331 g/mol. The van der Waals surface area contributed by atoms with E-state index in [0.717, 1.165) is 27.6 Å². The van der Waals surface area contributed by atoms with E-state index in [0.29, 0.717) is 12.8 Å². The smallest absolute Gasteiger partial charge is 0.224 e. The molecule has 0 heterocycles. The molecule has 0 saturated carbocycles. The van der Waals surface area contributed by atoms with Crippen LogP contribution in [0.2, 0.25) is 0 Å². The van der Waals surface area contributed by atoms with Gasteiger partial charge in [-0.1, -0.05) is 6.07 Å². The maximum absolute atomic E-state index is 12.1. The van der Waals surface area contributed by atoms with Crippen molar-refractivity contribution in [3.8, 4) is 11.5 Å². The largest absolute Gasteiger partial charge is 0.497 e. The zero-order valence-corrected chi connectivity index (χ0v) is 14.4. The summed E-state index contributed by atoms with van der Waals surface area (Å²) in [7, 11) is 3.23. The number of methoxy groups -OCH3 is 2. The molecule has 0 aromatic heterocycles. The number of benzene rings is 2. The van der Waals surface area contributed by atoms with Crippen LogP contribution < -0.4 is 14.8 Å². The standard InChI is InChI=1S/C18H21NO3S/c1-21-15-9-13(10-16(12-15)22-2)7-8-18(20)19-14-5-4-6-17(11-14)23-3/h4-6,9-12H,7-8H2,1-3H3,(H,19,20). The van der Waals surface area contributed by atoms with E-state index in [4.69, 9.17) is 9.47 Å². The number of ether oxygens (including phenoxy) is 2. The molecule has 0 radical (unpaired) electrons. The molecule has 0 bridgehead atoms. The third kappa shape index (κ3) is 5.21. The molecule has 0 aliphatic carbocycles. The second-order valence-electron chi connectivity index (χ2n) is 5.00.